The Morgan fingerprint density at radius 2 is 1.65 bits per heavy atom. The van der Waals surface area contributed by atoms with Crippen LogP contribution in [-0.4, -0.2) is 137 Å². The molecule has 0 spiro atoms. The minimum absolute atomic E-state index is 0.0566. The summed E-state index contributed by atoms with van der Waals surface area (Å²) in [6, 6.07) is 21.1. The number of methoxy groups -OCH3 is 1. The van der Waals surface area contributed by atoms with Gasteiger partial charge in [0.2, 0.25) is 0 Å². The molecular weight excluding hydrogens is 769 g/mol. The molecule has 2 fully saturated rings. The minimum Gasteiger partial charge on any atom is -0.496 e. The van der Waals surface area contributed by atoms with E-state index in [0.29, 0.717) is 79.3 Å². The number of carbonyl (C=O) groups excluding carboxylic acids is 3. The van der Waals surface area contributed by atoms with Gasteiger partial charge >= 0.3 is 12.0 Å². The van der Waals surface area contributed by atoms with Crippen LogP contribution in [0.2, 0.25) is 10.0 Å². The lowest BCUT2D eigenvalue weighted by Crippen LogP contribution is -2.59. The summed E-state index contributed by atoms with van der Waals surface area (Å²) in [5.41, 5.74) is 2.60. The van der Waals surface area contributed by atoms with Crippen molar-refractivity contribution in [2.45, 2.75) is 44.1 Å². The van der Waals surface area contributed by atoms with Gasteiger partial charge in [0.1, 0.15) is 12.1 Å². The maximum Gasteiger partial charge on any atom is 0.318 e. The molecule has 2 saturated heterocycles. The first-order valence-electron chi connectivity index (χ1n) is 19.4. The van der Waals surface area contributed by atoms with E-state index in [9.17, 15) is 14.4 Å². The number of piperidine rings is 1. The number of likely N-dealkylation sites (tertiary alicyclic amines) is 1. The van der Waals surface area contributed by atoms with Crippen LogP contribution in [-0.2, 0) is 15.1 Å². The van der Waals surface area contributed by atoms with Crippen molar-refractivity contribution in [1.29, 1.82) is 0 Å². The summed E-state index contributed by atoms with van der Waals surface area (Å²) >= 11 is 12.9. The molecular formula is C41H51Cl2N9O5. The van der Waals surface area contributed by atoms with Gasteiger partial charge in [0.05, 0.1) is 47.0 Å². The smallest absolute Gasteiger partial charge is 0.318 e. The molecule has 2 aliphatic rings. The number of carbonyl (C=O) groups is 3. The van der Waals surface area contributed by atoms with Crippen LogP contribution < -0.4 is 10.1 Å². The molecule has 4 aromatic rings. The quantitative estimate of drug-likeness (QED) is 0.153. The number of nitrogens with zero attached hydrogens (tertiary/aromatic N) is 8. The number of tetrazole rings is 1. The van der Waals surface area contributed by atoms with Crippen LogP contribution in [0.1, 0.15) is 60.0 Å². The number of hydrogen-bond acceptors (Lipinski definition) is 10. The number of likely N-dealkylation sites (N-methyl/N-ethyl adjacent to an activating group) is 1. The van der Waals surface area contributed by atoms with Crippen LogP contribution in [0.25, 0.3) is 5.69 Å². The van der Waals surface area contributed by atoms with E-state index in [1.54, 1.807) is 36.2 Å². The van der Waals surface area contributed by atoms with E-state index in [2.05, 4.69) is 42.8 Å². The molecule has 57 heavy (non-hydrogen) atoms. The van der Waals surface area contributed by atoms with Gasteiger partial charge in [0, 0.05) is 65.3 Å². The van der Waals surface area contributed by atoms with E-state index in [0.717, 1.165) is 50.0 Å². The minimum atomic E-state index is -0.512. The van der Waals surface area contributed by atoms with Gasteiger partial charge in [0.25, 0.3) is 5.91 Å². The standard InChI is InChI=1S/C41H51Cl2N9O5/c1-4-57-38(53)15-19-50-22-24-51(25-23-50)40(55)45-41(32-8-6-5-7-9-32)16-20-49(21-17-41)18-14-31(30-10-12-35(42)36(43)26-30)28-48(2)39(54)34-27-33(11-13-37(34)56-3)52-29-44-46-47-52/h5-13,26-27,29,31H,4,14-25,28H2,1-3H3,(H,45,55). The molecule has 6 rings (SSSR count). The van der Waals surface area contributed by atoms with Gasteiger partial charge in [-0.2, -0.15) is 0 Å². The van der Waals surface area contributed by atoms with Crippen LogP contribution >= 0.6 is 23.2 Å². The van der Waals surface area contributed by atoms with Crippen molar-refractivity contribution in [3.8, 4) is 11.4 Å². The second-order valence-electron chi connectivity index (χ2n) is 14.6. The number of hydrogen-bond donors (Lipinski definition) is 1. The molecule has 3 amide bonds. The fourth-order valence-corrected chi connectivity index (χ4v) is 8.02. The third kappa shape index (κ3) is 10.6. The number of piperazine rings is 1. The van der Waals surface area contributed by atoms with Gasteiger partial charge in [-0.15, -0.1) is 5.10 Å². The average Bonchev–Trinajstić information content (AvgIpc) is 3.79. The number of rotatable bonds is 15. The predicted molar refractivity (Wildman–Crippen MR) is 218 cm³/mol. The number of esters is 1. The maximum atomic E-state index is 14.0. The van der Waals surface area contributed by atoms with Crippen LogP contribution in [0.5, 0.6) is 5.75 Å². The third-order valence-electron chi connectivity index (χ3n) is 11.1. The van der Waals surface area contributed by atoms with Crippen molar-refractivity contribution in [2.75, 3.05) is 79.7 Å². The van der Waals surface area contributed by atoms with Gasteiger partial charge in [-0.25, -0.2) is 9.48 Å². The monoisotopic (exact) mass is 819 g/mol. The zero-order valence-corrected chi connectivity index (χ0v) is 34.3. The van der Waals surface area contributed by atoms with Crippen molar-refractivity contribution in [3.05, 3.63) is 99.8 Å². The van der Waals surface area contributed by atoms with E-state index in [1.807, 2.05) is 42.2 Å². The predicted octanol–water partition coefficient (Wildman–Crippen LogP) is 5.50. The highest BCUT2D eigenvalue weighted by Gasteiger charge is 2.39. The average molecular weight is 821 g/mol. The first-order chi connectivity index (χ1) is 27.6. The van der Waals surface area contributed by atoms with Crippen molar-refractivity contribution in [3.63, 3.8) is 0 Å². The highest BCUT2D eigenvalue weighted by atomic mass is 35.5. The van der Waals surface area contributed by atoms with Crippen LogP contribution in [0.15, 0.2) is 73.1 Å². The lowest BCUT2D eigenvalue weighted by molar-refractivity contribution is -0.143. The molecule has 0 aliphatic carbocycles. The SMILES string of the molecule is CCOC(=O)CCN1CCN(C(=O)NC2(c3ccccc3)CCN(CCC(CN(C)C(=O)c3cc(-n4cnnn4)ccc3OC)c3ccc(Cl)c(Cl)c3)CC2)CC1. The molecule has 304 valence electrons. The molecule has 2 aliphatic heterocycles. The maximum absolute atomic E-state index is 14.0. The first-order valence-corrected chi connectivity index (χ1v) is 20.2. The summed E-state index contributed by atoms with van der Waals surface area (Å²) in [5.74, 6) is -0.00175. The van der Waals surface area contributed by atoms with Gasteiger partial charge in [-0.1, -0.05) is 59.6 Å². The first kappa shape index (κ1) is 41.9. The van der Waals surface area contributed by atoms with Crippen molar-refractivity contribution >= 4 is 41.1 Å². The number of urea groups is 1. The highest BCUT2D eigenvalue weighted by molar-refractivity contribution is 6.42. The summed E-state index contributed by atoms with van der Waals surface area (Å²) in [6.07, 6.45) is 4.07. The van der Waals surface area contributed by atoms with Gasteiger partial charge < -0.3 is 29.5 Å². The van der Waals surface area contributed by atoms with E-state index < -0.39 is 5.54 Å². The Hall–Kier alpha value is -4.76. The Morgan fingerprint density at radius 1 is 0.912 bits per heavy atom. The van der Waals surface area contributed by atoms with Crippen molar-refractivity contribution in [2.24, 2.45) is 0 Å². The zero-order chi connectivity index (χ0) is 40.4. The molecule has 3 aromatic carbocycles. The second-order valence-corrected chi connectivity index (χ2v) is 15.4. The summed E-state index contributed by atoms with van der Waals surface area (Å²) in [7, 11) is 3.33. The molecule has 1 aromatic heterocycles. The van der Waals surface area contributed by atoms with Gasteiger partial charge in [-0.3, -0.25) is 14.5 Å². The zero-order valence-electron chi connectivity index (χ0n) is 32.8. The Morgan fingerprint density at radius 3 is 2.32 bits per heavy atom. The summed E-state index contributed by atoms with van der Waals surface area (Å²) in [4.78, 5) is 47.9. The molecule has 1 unspecified atom stereocenters. The Balaban J connectivity index is 1.11. The lowest BCUT2D eigenvalue weighted by atomic mass is 9.80. The molecule has 3 heterocycles. The Bertz CT molecular complexity index is 1950. The normalized spacial score (nSPS) is 16.5. The topological polar surface area (TPSA) is 138 Å². The largest absolute Gasteiger partial charge is 0.496 e. The number of halogens is 2. The Labute approximate surface area is 344 Å². The molecule has 16 heteroatoms. The van der Waals surface area contributed by atoms with E-state index >= 15 is 0 Å². The second kappa shape index (κ2) is 19.6. The molecule has 0 bridgehead atoms. The van der Waals surface area contributed by atoms with Gasteiger partial charge in [0.15, 0.2) is 0 Å². The summed E-state index contributed by atoms with van der Waals surface area (Å²) in [6.45, 7) is 8.17. The van der Waals surface area contributed by atoms with Crippen LogP contribution in [0, 0.1) is 0 Å². The molecule has 0 radical (unpaired) electrons. The third-order valence-corrected chi connectivity index (χ3v) is 11.8. The molecule has 0 saturated carbocycles. The van der Waals surface area contributed by atoms with Crippen LogP contribution in [0.3, 0.4) is 0 Å². The fraction of sp³-hybridized carbons (Fsp3) is 0.463. The fourth-order valence-electron chi connectivity index (χ4n) is 7.71. The van der Waals surface area contributed by atoms with Gasteiger partial charge in [-0.05, 0) is 84.6 Å². The van der Waals surface area contributed by atoms with E-state index in [1.165, 1.54) is 18.1 Å². The summed E-state index contributed by atoms with van der Waals surface area (Å²) < 4.78 is 12.1. The van der Waals surface area contributed by atoms with Crippen molar-refractivity contribution in [1.82, 2.24) is 45.1 Å². The lowest BCUT2D eigenvalue weighted by Gasteiger charge is -2.45. The number of ether oxygens (including phenoxy) is 2. The molecule has 14 nitrogen and oxygen atoms in total. The highest BCUT2D eigenvalue weighted by Crippen LogP contribution is 2.35. The van der Waals surface area contributed by atoms with E-state index in [-0.39, 0.29) is 23.8 Å². The number of benzene rings is 3. The number of aromatic nitrogens is 4. The number of amides is 3. The molecule has 1 N–H and O–H groups in total. The Kier molecular flexibility index (Phi) is 14.4. The molecule has 1 atom stereocenters. The van der Waals surface area contributed by atoms with Crippen molar-refractivity contribution < 1.29 is 23.9 Å². The number of nitrogens with one attached hydrogen (secondary N) is 1. The van der Waals surface area contributed by atoms with Crippen LogP contribution in [0.4, 0.5) is 4.79 Å². The van der Waals surface area contributed by atoms with E-state index in [4.69, 9.17) is 32.7 Å². The summed E-state index contributed by atoms with van der Waals surface area (Å²) in [5, 5.41) is 15.8.